The molecule has 0 bridgehead atoms. The van der Waals surface area contributed by atoms with Crippen molar-refractivity contribution >= 4 is 17.7 Å². The number of hydrogen-bond donors (Lipinski definition) is 2. The molecular formula is C17H24N2OS. The van der Waals surface area contributed by atoms with Gasteiger partial charge in [-0.05, 0) is 57.1 Å². The van der Waals surface area contributed by atoms with Crippen molar-refractivity contribution in [2.24, 2.45) is 5.73 Å². The van der Waals surface area contributed by atoms with Gasteiger partial charge in [-0.25, -0.2) is 0 Å². The number of primary amides is 1. The molecule has 3 N–H and O–H groups in total. The molecule has 2 atom stereocenters. The number of thioether (sulfide) groups is 1. The van der Waals surface area contributed by atoms with E-state index in [1.165, 1.54) is 29.7 Å². The fraction of sp³-hybridized carbons (Fsp3) is 0.588. The maximum Gasteiger partial charge on any atom is 0.237 e. The maximum absolute atomic E-state index is 12.1. The lowest BCUT2D eigenvalue weighted by Gasteiger charge is -2.39. The van der Waals surface area contributed by atoms with Gasteiger partial charge < -0.3 is 11.1 Å². The summed E-state index contributed by atoms with van der Waals surface area (Å²) in [6.07, 6.45) is 6.36. The number of amides is 1. The zero-order valence-corrected chi connectivity index (χ0v) is 13.4. The van der Waals surface area contributed by atoms with Gasteiger partial charge in [-0.1, -0.05) is 18.2 Å². The van der Waals surface area contributed by atoms with Crippen molar-refractivity contribution in [2.45, 2.75) is 67.2 Å². The monoisotopic (exact) mass is 304 g/mol. The van der Waals surface area contributed by atoms with Gasteiger partial charge in [-0.15, -0.1) is 11.8 Å². The van der Waals surface area contributed by atoms with Crippen LogP contribution in [0.2, 0.25) is 0 Å². The molecule has 2 aliphatic carbocycles. The lowest BCUT2D eigenvalue weighted by atomic mass is 9.80. The molecule has 3 nitrogen and oxygen atoms in total. The van der Waals surface area contributed by atoms with E-state index in [-0.39, 0.29) is 5.91 Å². The number of nitrogens with one attached hydrogen (secondary N) is 1. The summed E-state index contributed by atoms with van der Waals surface area (Å²) in [5.74, 6) is -0.163. The van der Waals surface area contributed by atoms with Crippen LogP contribution in [0.15, 0.2) is 29.2 Å². The summed E-state index contributed by atoms with van der Waals surface area (Å²) < 4.78 is 0. The molecule has 0 spiro atoms. The van der Waals surface area contributed by atoms with Crippen LogP contribution in [0.1, 0.15) is 44.1 Å². The lowest BCUT2D eigenvalue weighted by molar-refractivity contribution is -0.125. The molecule has 2 aliphatic rings. The second-order valence-corrected chi connectivity index (χ2v) is 7.81. The fourth-order valence-corrected chi connectivity index (χ4v) is 4.66. The first-order valence-corrected chi connectivity index (χ1v) is 8.77. The Morgan fingerprint density at radius 1 is 1.33 bits per heavy atom. The van der Waals surface area contributed by atoms with Crippen molar-refractivity contribution in [3.63, 3.8) is 0 Å². The molecule has 2 unspecified atom stereocenters. The SMILES string of the molecule is Cc1ccccc1SC1CCCC(NC2CC2)(C(N)=O)C1. The minimum atomic E-state index is -0.472. The zero-order valence-electron chi connectivity index (χ0n) is 12.6. The van der Waals surface area contributed by atoms with E-state index in [0.717, 1.165) is 19.3 Å². The van der Waals surface area contributed by atoms with Crippen LogP contribution in [-0.4, -0.2) is 22.7 Å². The highest BCUT2D eigenvalue weighted by Gasteiger charge is 2.44. The van der Waals surface area contributed by atoms with Crippen molar-refractivity contribution in [3.8, 4) is 0 Å². The number of carbonyl (C=O) groups is 1. The van der Waals surface area contributed by atoms with Crippen molar-refractivity contribution in [1.29, 1.82) is 0 Å². The average Bonchev–Trinajstić information content (AvgIpc) is 3.25. The molecule has 1 aromatic carbocycles. The number of carbonyl (C=O) groups excluding carboxylic acids is 1. The largest absolute Gasteiger partial charge is 0.368 e. The Morgan fingerprint density at radius 2 is 2.10 bits per heavy atom. The summed E-state index contributed by atoms with van der Waals surface area (Å²) in [6.45, 7) is 2.15. The molecule has 0 aromatic heterocycles. The summed E-state index contributed by atoms with van der Waals surface area (Å²) in [5.41, 5.74) is 6.59. The van der Waals surface area contributed by atoms with Crippen LogP contribution in [0.5, 0.6) is 0 Å². The van der Waals surface area contributed by atoms with E-state index in [4.69, 9.17) is 5.73 Å². The standard InChI is InChI=1S/C17H24N2OS/c1-12-5-2-3-7-15(12)21-14-6-4-10-17(11-14,16(18)20)19-13-8-9-13/h2-3,5,7,13-14,19H,4,6,8-11H2,1H3,(H2,18,20). The van der Waals surface area contributed by atoms with E-state index in [2.05, 4.69) is 36.5 Å². The highest BCUT2D eigenvalue weighted by atomic mass is 32.2. The third-order valence-electron chi connectivity index (χ3n) is 4.62. The number of hydrogen-bond acceptors (Lipinski definition) is 3. The molecule has 0 radical (unpaired) electrons. The third kappa shape index (κ3) is 3.43. The van der Waals surface area contributed by atoms with E-state index in [0.29, 0.717) is 11.3 Å². The van der Waals surface area contributed by atoms with Gasteiger partial charge in [0.2, 0.25) is 5.91 Å². The van der Waals surface area contributed by atoms with Gasteiger partial charge in [-0.2, -0.15) is 0 Å². The molecule has 0 aliphatic heterocycles. The minimum absolute atomic E-state index is 0.163. The number of benzene rings is 1. The first-order valence-electron chi connectivity index (χ1n) is 7.89. The zero-order chi connectivity index (χ0) is 14.9. The Bertz CT molecular complexity index is 529. The van der Waals surface area contributed by atoms with Crippen LogP contribution in [0, 0.1) is 6.92 Å². The summed E-state index contributed by atoms with van der Waals surface area (Å²) in [7, 11) is 0. The van der Waals surface area contributed by atoms with Gasteiger partial charge in [0, 0.05) is 16.2 Å². The molecule has 2 fully saturated rings. The molecule has 1 aromatic rings. The number of rotatable bonds is 5. The number of nitrogens with two attached hydrogens (primary N) is 1. The summed E-state index contributed by atoms with van der Waals surface area (Å²) in [6, 6.07) is 8.99. The van der Waals surface area contributed by atoms with E-state index in [1.807, 2.05) is 11.8 Å². The molecular weight excluding hydrogens is 280 g/mol. The van der Waals surface area contributed by atoms with Gasteiger partial charge >= 0.3 is 0 Å². The first kappa shape index (κ1) is 14.9. The normalized spacial score (nSPS) is 29.3. The van der Waals surface area contributed by atoms with Gasteiger partial charge in [0.15, 0.2) is 0 Å². The quantitative estimate of drug-likeness (QED) is 0.879. The topological polar surface area (TPSA) is 55.1 Å². The van der Waals surface area contributed by atoms with Crippen molar-refractivity contribution in [2.75, 3.05) is 0 Å². The summed E-state index contributed by atoms with van der Waals surface area (Å²) >= 11 is 1.91. The van der Waals surface area contributed by atoms with Crippen LogP contribution in [-0.2, 0) is 4.79 Å². The van der Waals surface area contributed by atoms with Gasteiger partial charge in [0.1, 0.15) is 0 Å². The van der Waals surface area contributed by atoms with Crippen molar-refractivity contribution in [1.82, 2.24) is 5.32 Å². The Hall–Kier alpha value is -1.00. The van der Waals surface area contributed by atoms with Gasteiger partial charge in [-0.3, -0.25) is 4.79 Å². The third-order valence-corrected chi connectivity index (χ3v) is 6.07. The molecule has 114 valence electrons. The van der Waals surface area contributed by atoms with E-state index < -0.39 is 5.54 Å². The van der Waals surface area contributed by atoms with E-state index >= 15 is 0 Å². The molecule has 21 heavy (non-hydrogen) atoms. The fourth-order valence-electron chi connectivity index (χ4n) is 3.24. The molecule has 3 rings (SSSR count). The molecule has 0 saturated heterocycles. The predicted octanol–water partition coefficient (Wildman–Crippen LogP) is 3.01. The molecule has 0 heterocycles. The Balaban J connectivity index is 1.72. The van der Waals surface area contributed by atoms with Crippen LogP contribution in [0.25, 0.3) is 0 Å². The van der Waals surface area contributed by atoms with Crippen molar-refractivity contribution in [3.05, 3.63) is 29.8 Å². The van der Waals surface area contributed by atoms with Crippen LogP contribution in [0.3, 0.4) is 0 Å². The lowest BCUT2D eigenvalue weighted by Crippen LogP contribution is -2.59. The molecule has 1 amide bonds. The van der Waals surface area contributed by atoms with E-state index in [9.17, 15) is 4.79 Å². The molecule has 4 heteroatoms. The average molecular weight is 304 g/mol. The smallest absolute Gasteiger partial charge is 0.237 e. The second kappa shape index (κ2) is 6.01. The van der Waals surface area contributed by atoms with Crippen LogP contribution < -0.4 is 11.1 Å². The Labute approximate surface area is 131 Å². The maximum atomic E-state index is 12.1. The summed E-state index contributed by atoms with van der Waals surface area (Å²) in [4.78, 5) is 13.4. The highest BCUT2D eigenvalue weighted by Crippen LogP contribution is 2.40. The van der Waals surface area contributed by atoms with E-state index in [1.54, 1.807) is 0 Å². The van der Waals surface area contributed by atoms with Crippen LogP contribution >= 0.6 is 11.8 Å². The highest BCUT2D eigenvalue weighted by molar-refractivity contribution is 8.00. The van der Waals surface area contributed by atoms with Gasteiger partial charge in [0.25, 0.3) is 0 Å². The molecule has 2 saturated carbocycles. The van der Waals surface area contributed by atoms with Gasteiger partial charge in [0.05, 0.1) is 5.54 Å². The Kier molecular flexibility index (Phi) is 4.27. The van der Waals surface area contributed by atoms with Crippen molar-refractivity contribution < 1.29 is 4.79 Å². The van der Waals surface area contributed by atoms with Crippen LogP contribution in [0.4, 0.5) is 0 Å². The summed E-state index contributed by atoms with van der Waals surface area (Å²) in [5, 5.41) is 4.02. The minimum Gasteiger partial charge on any atom is -0.368 e. The second-order valence-electron chi connectivity index (χ2n) is 6.47. The Morgan fingerprint density at radius 3 is 2.76 bits per heavy atom. The number of aryl methyl sites for hydroxylation is 1. The predicted molar refractivity (Wildman–Crippen MR) is 87.4 cm³/mol. The first-order chi connectivity index (χ1) is 10.1.